The van der Waals surface area contributed by atoms with Crippen LogP contribution in [0.25, 0.3) is 55.5 Å². The largest absolute Gasteiger partial charge is 0.316 e. The fraction of sp³-hybridized carbons (Fsp3) is 0. The van der Waals surface area contributed by atoms with Gasteiger partial charge in [-0.3, -0.25) is 0 Å². The number of hydrogen-bond acceptors (Lipinski definition) is 2. The molecule has 3 aromatic heterocycles. The Morgan fingerprint density at radius 3 is 2.06 bits per heavy atom. The predicted octanol–water partition coefficient (Wildman–Crippen LogP) is 7.18. The Labute approximate surface area is 196 Å². The average Bonchev–Trinajstić information content (AvgIpc) is 3.49. The van der Waals surface area contributed by atoms with Crippen LogP contribution >= 0.6 is 0 Å². The van der Waals surface area contributed by atoms with Gasteiger partial charge in [0.1, 0.15) is 0 Å². The van der Waals surface area contributed by atoms with E-state index in [1.807, 2.05) is 42.7 Å². The van der Waals surface area contributed by atoms with Crippen molar-refractivity contribution >= 4 is 32.7 Å². The maximum absolute atomic E-state index is 4.70. The number of aromatic nitrogens is 4. The molecule has 0 amide bonds. The normalized spacial score (nSPS) is 11.5. The second-order valence-corrected chi connectivity index (χ2v) is 8.40. The van der Waals surface area contributed by atoms with E-state index < -0.39 is 0 Å². The van der Waals surface area contributed by atoms with Gasteiger partial charge >= 0.3 is 0 Å². The van der Waals surface area contributed by atoms with Crippen LogP contribution in [0, 0.1) is 0 Å². The summed E-state index contributed by atoms with van der Waals surface area (Å²) in [5.41, 5.74) is 6.60. The van der Waals surface area contributed by atoms with E-state index in [0.717, 1.165) is 33.8 Å². The summed E-state index contributed by atoms with van der Waals surface area (Å²) in [6.07, 6.45) is 5.99. The Kier molecular flexibility index (Phi) is 4.11. The number of rotatable bonds is 3. The molecule has 3 heterocycles. The number of fused-ring (bicyclic) bond motifs is 5. The Bertz CT molecular complexity index is 1780. The quantitative estimate of drug-likeness (QED) is 0.294. The molecule has 34 heavy (non-hydrogen) atoms. The fourth-order valence-corrected chi connectivity index (χ4v) is 4.94. The maximum atomic E-state index is 4.70. The molecule has 0 N–H and O–H groups in total. The summed E-state index contributed by atoms with van der Waals surface area (Å²) >= 11 is 0. The third-order valence-corrected chi connectivity index (χ3v) is 6.45. The highest BCUT2D eigenvalue weighted by atomic mass is 15.0. The molecule has 7 aromatic rings. The van der Waals surface area contributed by atoms with Crippen molar-refractivity contribution in [1.82, 2.24) is 19.1 Å². The Morgan fingerprint density at radius 1 is 0.559 bits per heavy atom. The highest BCUT2D eigenvalue weighted by Crippen LogP contribution is 2.37. The minimum atomic E-state index is 0.727. The summed E-state index contributed by atoms with van der Waals surface area (Å²) in [6, 6.07) is 35.7. The van der Waals surface area contributed by atoms with Crippen LogP contribution in [0.15, 0.2) is 122 Å². The molecule has 4 heteroatoms. The third kappa shape index (κ3) is 2.79. The van der Waals surface area contributed by atoms with Crippen LogP contribution in [-0.4, -0.2) is 19.1 Å². The summed E-state index contributed by atoms with van der Waals surface area (Å²) in [5, 5.41) is 3.66. The van der Waals surface area contributed by atoms with Crippen LogP contribution < -0.4 is 0 Å². The summed E-state index contributed by atoms with van der Waals surface area (Å²) in [6.45, 7) is 0. The van der Waals surface area contributed by atoms with Crippen molar-refractivity contribution < 1.29 is 0 Å². The number of hydrogen-bond donors (Lipinski definition) is 0. The molecule has 7 rings (SSSR count). The SMILES string of the molecule is c1ccc(-c2ncc(-n3c4ccccc4c4c5c(ccc43)ccn5-c3ccccc3)cn2)cc1. The Morgan fingerprint density at radius 2 is 1.26 bits per heavy atom. The zero-order valence-electron chi connectivity index (χ0n) is 18.3. The lowest BCUT2D eigenvalue weighted by Crippen LogP contribution is -1.98. The lowest BCUT2D eigenvalue weighted by Gasteiger charge is -2.09. The van der Waals surface area contributed by atoms with E-state index in [2.05, 4.69) is 88.1 Å². The van der Waals surface area contributed by atoms with Crippen molar-refractivity contribution in [2.75, 3.05) is 0 Å². The lowest BCUT2D eigenvalue weighted by atomic mass is 10.1. The topological polar surface area (TPSA) is 35.6 Å². The molecule has 0 radical (unpaired) electrons. The predicted molar refractivity (Wildman–Crippen MR) is 139 cm³/mol. The first kappa shape index (κ1) is 18.8. The van der Waals surface area contributed by atoms with Gasteiger partial charge in [0.2, 0.25) is 0 Å². The van der Waals surface area contributed by atoms with Crippen LogP contribution in [-0.2, 0) is 0 Å². The van der Waals surface area contributed by atoms with E-state index in [4.69, 9.17) is 9.97 Å². The molecule has 0 aliphatic rings. The number of para-hydroxylation sites is 2. The molecule has 0 aliphatic carbocycles. The molecule has 0 bridgehead atoms. The second kappa shape index (κ2) is 7.42. The van der Waals surface area contributed by atoms with Gasteiger partial charge in [-0.25, -0.2) is 9.97 Å². The van der Waals surface area contributed by atoms with Crippen LogP contribution in [0.3, 0.4) is 0 Å². The first-order valence-corrected chi connectivity index (χ1v) is 11.3. The van der Waals surface area contributed by atoms with E-state index in [0.29, 0.717) is 0 Å². The summed E-state index contributed by atoms with van der Waals surface area (Å²) < 4.78 is 4.55. The molecule has 0 saturated carbocycles. The minimum absolute atomic E-state index is 0.727. The smallest absolute Gasteiger partial charge is 0.159 e. The van der Waals surface area contributed by atoms with E-state index in [-0.39, 0.29) is 0 Å². The zero-order chi connectivity index (χ0) is 22.5. The molecule has 4 nitrogen and oxygen atoms in total. The number of benzene rings is 4. The van der Waals surface area contributed by atoms with Crippen LogP contribution in [0.5, 0.6) is 0 Å². The van der Waals surface area contributed by atoms with Crippen LogP contribution in [0.2, 0.25) is 0 Å². The van der Waals surface area contributed by atoms with Crippen molar-refractivity contribution in [3.8, 4) is 22.8 Å². The van der Waals surface area contributed by atoms with Gasteiger partial charge in [0.15, 0.2) is 5.82 Å². The summed E-state index contributed by atoms with van der Waals surface area (Å²) in [7, 11) is 0. The average molecular weight is 437 g/mol. The first-order valence-electron chi connectivity index (χ1n) is 11.3. The molecule has 160 valence electrons. The molecule has 4 aromatic carbocycles. The molecule has 0 atom stereocenters. The van der Waals surface area contributed by atoms with Crippen molar-refractivity contribution in [2.45, 2.75) is 0 Å². The molecule has 0 spiro atoms. The highest BCUT2D eigenvalue weighted by molar-refractivity contribution is 6.20. The summed E-state index contributed by atoms with van der Waals surface area (Å²) in [5.74, 6) is 0.727. The van der Waals surface area contributed by atoms with E-state index in [1.54, 1.807) is 0 Å². The molecule has 0 saturated heterocycles. The Hall–Kier alpha value is -4.70. The highest BCUT2D eigenvalue weighted by Gasteiger charge is 2.17. The maximum Gasteiger partial charge on any atom is 0.159 e. The standard InChI is InChI=1S/C30H20N4/c1-3-9-22(10-4-1)30-31-19-24(20-32-30)34-26-14-8-7-13-25(26)28-27(34)16-15-21-17-18-33(29(21)28)23-11-5-2-6-12-23/h1-20H. The van der Waals surface area contributed by atoms with Crippen LogP contribution in [0.1, 0.15) is 0 Å². The van der Waals surface area contributed by atoms with Gasteiger partial charge in [0, 0.05) is 33.6 Å². The van der Waals surface area contributed by atoms with Crippen LogP contribution in [0.4, 0.5) is 0 Å². The number of nitrogens with zero attached hydrogens (tertiary/aromatic N) is 4. The van der Waals surface area contributed by atoms with Gasteiger partial charge in [0.25, 0.3) is 0 Å². The Balaban J connectivity index is 1.52. The van der Waals surface area contributed by atoms with Gasteiger partial charge < -0.3 is 9.13 Å². The second-order valence-electron chi connectivity index (χ2n) is 8.40. The van der Waals surface area contributed by atoms with E-state index in [1.165, 1.54) is 21.7 Å². The van der Waals surface area contributed by atoms with Crippen molar-refractivity contribution in [1.29, 1.82) is 0 Å². The van der Waals surface area contributed by atoms with Gasteiger partial charge in [-0.2, -0.15) is 0 Å². The van der Waals surface area contributed by atoms with E-state index >= 15 is 0 Å². The van der Waals surface area contributed by atoms with Crippen molar-refractivity contribution in [3.05, 3.63) is 122 Å². The zero-order valence-corrected chi connectivity index (χ0v) is 18.3. The summed E-state index contributed by atoms with van der Waals surface area (Å²) in [4.78, 5) is 9.40. The molecule has 0 aliphatic heterocycles. The lowest BCUT2D eigenvalue weighted by molar-refractivity contribution is 1.08. The molecule has 0 unspecified atom stereocenters. The van der Waals surface area contributed by atoms with Gasteiger partial charge in [-0.05, 0) is 30.3 Å². The fourth-order valence-electron chi connectivity index (χ4n) is 4.94. The minimum Gasteiger partial charge on any atom is -0.316 e. The molecular formula is C30H20N4. The van der Waals surface area contributed by atoms with E-state index in [9.17, 15) is 0 Å². The molecule has 0 fully saturated rings. The first-order chi connectivity index (χ1) is 16.9. The third-order valence-electron chi connectivity index (χ3n) is 6.45. The van der Waals surface area contributed by atoms with Crippen molar-refractivity contribution in [3.63, 3.8) is 0 Å². The van der Waals surface area contributed by atoms with Gasteiger partial charge in [-0.1, -0.05) is 72.8 Å². The van der Waals surface area contributed by atoms with Gasteiger partial charge in [0.05, 0.1) is 34.6 Å². The monoisotopic (exact) mass is 436 g/mol. The molecular weight excluding hydrogens is 416 g/mol. The van der Waals surface area contributed by atoms with Crippen molar-refractivity contribution in [2.24, 2.45) is 0 Å². The van der Waals surface area contributed by atoms with Gasteiger partial charge in [-0.15, -0.1) is 0 Å².